The normalized spacial score (nSPS) is 15.2. The van der Waals surface area contributed by atoms with Crippen molar-refractivity contribution < 1.29 is 114 Å². The molecule has 6 aromatic rings. The monoisotopic (exact) mass is 1260 g/mol. The second kappa shape index (κ2) is 34.1. The van der Waals surface area contributed by atoms with E-state index in [1.54, 1.807) is 0 Å². The standard InChI is InChI=1S/C68H62O24/c1-3-57(69)79-37-9-5-7-11-39-81-67(77)89-53-33-21-45(22-34-53)63(73)85-49-25-13-43(14-26-49)61(71)87-51-29-17-47(18-30-51)65(75)91-55-41-83-60-56(42-84-59(55)60)92-66(76)48-19-31-52(32-20-48)88-62(72)44-15-27-50(28-16-44)86-64(74)46-23-35-54(36-24-46)90-68(78)82-40-12-8-6-10-38-80-58(70)4-2/h3-4,13-36,55-56,59-60H,1-2,5-12,37-42H2/t55-,56-,59?,60?/m0/s1. The predicted octanol–water partition coefficient (Wildman–Crippen LogP) is 10.7. The Balaban J connectivity index is 0.694. The van der Waals surface area contributed by atoms with E-state index < -0.39 is 84.5 Å². The van der Waals surface area contributed by atoms with Gasteiger partial charge in [-0.15, -0.1) is 0 Å². The average molecular weight is 1260 g/mol. The molecule has 0 amide bonds. The summed E-state index contributed by atoms with van der Waals surface area (Å²) >= 11 is 0. The molecular formula is C68H62O24. The second-order valence-corrected chi connectivity index (χ2v) is 20.2. The van der Waals surface area contributed by atoms with Gasteiger partial charge in [0.1, 0.15) is 46.7 Å². The minimum atomic E-state index is -0.904. The molecule has 6 aromatic carbocycles. The predicted molar refractivity (Wildman–Crippen MR) is 320 cm³/mol. The van der Waals surface area contributed by atoms with Gasteiger partial charge in [0.25, 0.3) is 0 Å². The highest BCUT2D eigenvalue weighted by atomic mass is 16.7. The number of esters is 8. The van der Waals surface area contributed by atoms with Crippen molar-refractivity contribution >= 4 is 60.1 Å². The third-order valence-electron chi connectivity index (χ3n) is 13.6. The quantitative estimate of drug-likeness (QED) is 0.0101. The van der Waals surface area contributed by atoms with E-state index in [1.807, 2.05) is 0 Å². The summed E-state index contributed by atoms with van der Waals surface area (Å²) < 4.78 is 75.3. The lowest BCUT2D eigenvalue weighted by Crippen LogP contribution is -2.36. The number of carbonyl (C=O) groups is 10. The number of carbonyl (C=O) groups excluding carboxylic acids is 10. The maximum absolute atomic E-state index is 13.2. The average Bonchev–Trinajstić information content (AvgIpc) is 1.71. The third kappa shape index (κ3) is 20.5. The Morgan fingerprint density at radius 1 is 0.315 bits per heavy atom. The molecule has 8 rings (SSSR count). The smallest absolute Gasteiger partial charge is 0.463 e. The summed E-state index contributed by atoms with van der Waals surface area (Å²) in [4.78, 5) is 124. The van der Waals surface area contributed by atoms with Gasteiger partial charge in [0.15, 0.2) is 12.2 Å². The van der Waals surface area contributed by atoms with Gasteiger partial charge in [-0.3, -0.25) is 0 Å². The maximum atomic E-state index is 13.2. The van der Waals surface area contributed by atoms with E-state index in [9.17, 15) is 47.9 Å². The zero-order valence-corrected chi connectivity index (χ0v) is 49.4. The van der Waals surface area contributed by atoms with Crippen LogP contribution in [0.3, 0.4) is 0 Å². The number of hydrogen-bond acceptors (Lipinski definition) is 24. The highest BCUT2D eigenvalue weighted by molar-refractivity contribution is 5.95. The molecule has 478 valence electrons. The van der Waals surface area contributed by atoms with Crippen molar-refractivity contribution in [1.29, 1.82) is 0 Å². The molecule has 24 heteroatoms. The molecule has 2 unspecified atom stereocenters. The molecule has 0 aromatic heterocycles. The van der Waals surface area contributed by atoms with Gasteiger partial charge in [0.2, 0.25) is 0 Å². The molecule has 0 aliphatic carbocycles. The number of ether oxygens (including phenoxy) is 14. The first-order valence-corrected chi connectivity index (χ1v) is 29.0. The first-order valence-electron chi connectivity index (χ1n) is 29.0. The zero-order chi connectivity index (χ0) is 65.2. The molecule has 2 aliphatic heterocycles. The van der Waals surface area contributed by atoms with Crippen molar-refractivity contribution in [3.63, 3.8) is 0 Å². The van der Waals surface area contributed by atoms with Crippen LogP contribution in [-0.4, -0.2) is 124 Å². The van der Waals surface area contributed by atoms with E-state index in [1.165, 1.54) is 146 Å². The Morgan fingerprint density at radius 3 is 0.793 bits per heavy atom. The van der Waals surface area contributed by atoms with Crippen molar-refractivity contribution in [2.75, 3.05) is 39.6 Å². The van der Waals surface area contributed by atoms with E-state index in [-0.39, 0.29) is 108 Å². The highest BCUT2D eigenvalue weighted by Crippen LogP contribution is 2.32. The molecule has 4 atom stereocenters. The Labute approximate surface area is 526 Å². The van der Waals surface area contributed by atoms with Crippen LogP contribution in [0.15, 0.2) is 171 Å². The van der Waals surface area contributed by atoms with Gasteiger partial charge in [0, 0.05) is 12.2 Å². The topological polar surface area (TPSA) is 300 Å². The minimum Gasteiger partial charge on any atom is -0.463 e. The van der Waals surface area contributed by atoms with Crippen molar-refractivity contribution in [3.05, 3.63) is 204 Å². The van der Waals surface area contributed by atoms with Gasteiger partial charge in [-0.2, -0.15) is 0 Å². The van der Waals surface area contributed by atoms with Crippen LogP contribution in [0, 0.1) is 0 Å². The van der Waals surface area contributed by atoms with Crippen LogP contribution in [0.4, 0.5) is 9.59 Å². The van der Waals surface area contributed by atoms with Gasteiger partial charge in [-0.25, -0.2) is 47.9 Å². The van der Waals surface area contributed by atoms with Crippen LogP contribution in [0.5, 0.6) is 34.5 Å². The summed E-state index contributed by atoms with van der Waals surface area (Å²) in [6.45, 7) is 7.44. The summed E-state index contributed by atoms with van der Waals surface area (Å²) in [5.74, 6) is -4.45. The van der Waals surface area contributed by atoms with Gasteiger partial charge in [-0.1, -0.05) is 13.2 Å². The molecule has 2 heterocycles. The summed E-state index contributed by atoms with van der Waals surface area (Å²) in [6.07, 6.45) is 2.82. The van der Waals surface area contributed by atoms with Crippen LogP contribution in [0.25, 0.3) is 0 Å². The summed E-state index contributed by atoms with van der Waals surface area (Å²) in [6, 6.07) is 33.7. The Hall–Kier alpha value is -11.0. The number of fused-ring (bicyclic) bond motifs is 1. The molecule has 0 bridgehead atoms. The largest absolute Gasteiger partial charge is 0.513 e. The Kier molecular flexibility index (Phi) is 24.8. The third-order valence-corrected chi connectivity index (χ3v) is 13.6. The molecule has 0 N–H and O–H groups in total. The lowest BCUT2D eigenvalue weighted by Gasteiger charge is -2.17. The molecule has 0 spiro atoms. The highest BCUT2D eigenvalue weighted by Gasteiger charge is 2.51. The zero-order valence-electron chi connectivity index (χ0n) is 49.4. The first-order chi connectivity index (χ1) is 44.6. The first kappa shape index (κ1) is 67.0. The maximum Gasteiger partial charge on any atom is 0.513 e. The van der Waals surface area contributed by atoms with E-state index in [2.05, 4.69) is 13.2 Å². The fourth-order valence-corrected chi connectivity index (χ4v) is 8.80. The molecule has 0 radical (unpaired) electrons. The lowest BCUT2D eigenvalue weighted by molar-refractivity contribution is -0.138. The van der Waals surface area contributed by atoms with E-state index in [4.69, 9.17) is 66.3 Å². The van der Waals surface area contributed by atoms with Crippen molar-refractivity contribution in [3.8, 4) is 34.5 Å². The van der Waals surface area contributed by atoms with Crippen LogP contribution >= 0.6 is 0 Å². The van der Waals surface area contributed by atoms with Crippen LogP contribution in [0.2, 0.25) is 0 Å². The van der Waals surface area contributed by atoms with Crippen molar-refractivity contribution in [2.45, 2.75) is 75.8 Å². The van der Waals surface area contributed by atoms with Crippen molar-refractivity contribution in [2.24, 2.45) is 0 Å². The summed E-state index contributed by atoms with van der Waals surface area (Å²) in [5, 5.41) is 0. The number of rotatable bonds is 30. The van der Waals surface area contributed by atoms with Crippen LogP contribution < -0.4 is 28.4 Å². The second-order valence-electron chi connectivity index (χ2n) is 20.2. The molecular weight excluding hydrogens is 1200 g/mol. The summed E-state index contributed by atoms with van der Waals surface area (Å²) in [7, 11) is 0. The lowest BCUT2D eigenvalue weighted by atomic mass is 10.1. The van der Waals surface area contributed by atoms with Gasteiger partial charge >= 0.3 is 60.1 Å². The van der Waals surface area contributed by atoms with Crippen LogP contribution in [0.1, 0.15) is 114 Å². The van der Waals surface area contributed by atoms with Gasteiger partial charge in [-0.05, 0) is 197 Å². The number of unbranched alkanes of at least 4 members (excludes halogenated alkanes) is 6. The Morgan fingerprint density at radius 2 is 0.543 bits per heavy atom. The molecule has 92 heavy (non-hydrogen) atoms. The fourth-order valence-electron chi connectivity index (χ4n) is 8.80. The fraction of sp³-hybridized carbons (Fsp3) is 0.265. The number of benzene rings is 6. The molecule has 0 saturated carbocycles. The van der Waals surface area contributed by atoms with Crippen molar-refractivity contribution in [1.82, 2.24) is 0 Å². The molecule has 2 aliphatic rings. The number of hydrogen-bond donors (Lipinski definition) is 0. The summed E-state index contributed by atoms with van der Waals surface area (Å²) in [5.41, 5.74) is 0.855. The minimum absolute atomic E-state index is 0.0412. The van der Waals surface area contributed by atoms with Gasteiger partial charge in [0.05, 0.1) is 73.0 Å². The van der Waals surface area contributed by atoms with Gasteiger partial charge < -0.3 is 66.3 Å². The van der Waals surface area contributed by atoms with E-state index in [0.29, 0.717) is 25.7 Å². The van der Waals surface area contributed by atoms with E-state index in [0.717, 1.165) is 37.8 Å². The SMILES string of the molecule is C=CC(=O)OCCCCCCOC(=O)Oc1ccc(C(=O)Oc2ccc(C(=O)Oc3ccc(C(=O)O[C@H]4COC5C4OC[C@@H]5OC(=O)c4ccc(OC(=O)c5ccc(OC(=O)c6ccc(OC(=O)OCCCCCCOC(=O)C=C)cc6)cc5)cc4)cc3)cc2)cc1. The van der Waals surface area contributed by atoms with E-state index >= 15 is 0 Å². The molecule has 2 fully saturated rings. The molecule has 24 nitrogen and oxygen atoms in total. The Bertz CT molecular complexity index is 3330. The molecule has 2 saturated heterocycles. The van der Waals surface area contributed by atoms with Crippen LogP contribution in [-0.2, 0) is 47.5 Å².